The summed E-state index contributed by atoms with van der Waals surface area (Å²) < 4.78 is 28.5. The van der Waals surface area contributed by atoms with E-state index < -0.39 is 21.8 Å². The Morgan fingerprint density at radius 2 is 2.11 bits per heavy atom. The molecule has 0 radical (unpaired) electrons. The molecule has 1 aliphatic heterocycles. The van der Waals surface area contributed by atoms with Crippen molar-refractivity contribution in [1.29, 1.82) is 0 Å². The molecule has 0 bridgehead atoms. The molecule has 1 N–H and O–H groups in total. The van der Waals surface area contributed by atoms with Gasteiger partial charge in [0.2, 0.25) is 0 Å². The molecule has 112 valence electrons. The molecule has 0 saturated carbocycles. The number of rotatable bonds is 6. The second-order valence-electron chi connectivity index (χ2n) is 5.62. The zero-order valence-corrected chi connectivity index (χ0v) is 12.6. The number of aliphatic carboxylic acids is 1. The Hall–Kier alpha value is -0.660. The molecule has 0 aromatic heterocycles. The highest BCUT2D eigenvalue weighted by molar-refractivity contribution is 7.91. The van der Waals surface area contributed by atoms with Gasteiger partial charge in [-0.3, -0.25) is 9.69 Å². The fourth-order valence-electron chi connectivity index (χ4n) is 2.12. The SMILES string of the molecule is COC(C)(C)CCN1CCS(=O)(=O)CC1CC(=O)O. The monoisotopic (exact) mass is 293 g/mol. The first kappa shape index (κ1) is 16.4. The lowest BCUT2D eigenvalue weighted by atomic mass is 10.0. The maximum atomic E-state index is 11.6. The fraction of sp³-hybridized carbons (Fsp3) is 0.917. The minimum absolute atomic E-state index is 0.0628. The highest BCUT2D eigenvalue weighted by atomic mass is 32.2. The number of hydrogen-bond acceptors (Lipinski definition) is 5. The van der Waals surface area contributed by atoms with E-state index in [0.29, 0.717) is 13.1 Å². The van der Waals surface area contributed by atoms with Gasteiger partial charge in [0, 0.05) is 26.2 Å². The van der Waals surface area contributed by atoms with Gasteiger partial charge in [-0.25, -0.2) is 8.42 Å². The summed E-state index contributed by atoms with van der Waals surface area (Å²) >= 11 is 0. The Balaban J connectivity index is 2.66. The first-order valence-corrected chi connectivity index (χ1v) is 8.19. The molecule has 1 rings (SSSR count). The molecule has 1 fully saturated rings. The van der Waals surface area contributed by atoms with E-state index in [4.69, 9.17) is 9.84 Å². The topological polar surface area (TPSA) is 83.9 Å². The van der Waals surface area contributed by atoms with Gasteiger partial charge in [-0.05, 0) is 20.3 Å². The minimum Gasteiger partial charge on any atom is -0.481 e. The molecule has 1 saturated heterocycles. The van der Waals surface area contributed by atoms with Crippen molar-refractivity contribution in [2.24, 2.45) is 0 Å². The number of sulfone groups is 1. The van der Waals surface area contributed by atoms with Gasteiger partial charge in [-0.15, -0.1) is 0 Å². The van der Waals surface area contributed by atoms with E-state index in [1.807, 2.05) is 18.7 Å². The zero-order valence-electron chi connectivity index (χ0n) is 11.8. The highest BCUT2D eigenvalue weighted by Gasteiger charge is 2.33. The van der Waals surface area contributed by atoms with Crippen LogP contribution in [0, 0.1) is 0 Å². The first-order chi connectivity index (χ1) is 8.65. The van der Waals surface area contributed by atoms with Crippen LogP contribution in [0.2, 0.25) is 0 Å². The van der Waals surface area contributed by atoms with Crippen molar-refractivity contribution in [3.63, 3.8) is 0 Å². The van der Waals surface area contributed by atoms with Gasteiger partial charge in [0.25, 0.3) is 0 Å². The van der Waals surface area contributed by atoms with Gasteiger partial charge in [0.1, 0.15) is 0 Å². The van der Waals surface area contributed by atoms with Crippen LogP contribution in [0.15, 0.2) is 0 Å². The van der Waals surface area contributed by atoms with Crippen LogP contribution < -0.4 is 0 Å². The Bertz CT molecular complexity index is 418. The van der Waals surface area contributed by atoms with Crippen LogP contribution in [0.1, 0.15) is 26.7 Å². The Kier molecular flexibility index (Phi) is 5.34. The van der Waals surface area contributed by atoms with E-state index in [0.717, 1.165) is 6.42 Å². The number of carboxylic acids is 1. The molecular formula is C12H23NO5S. The largest absolute Gasteiger partial charge is 0.481 e. The van der Waals surface area contributed by atoms with E-state index in [1.165, 1.54) is 0 Å². The van der Waals surface area contributed by atoms with E-state index in [-0.39, 0.29) is 23.5 Å². The average molecular weight is 293 g/mol. The number of nitrogens with zero attached hydrogens (tertiary/aromatic N) is 1. The van der Waals surface area contributed by atoms with Gasteiger partial charge in [-0.1, -0.05) is 0 Å². The van der Waals surface area contributed by atoms with Crippen molar-refractivity contribution in [1.82, 2.24) is 4.90 Å². The van der Waals surface area contributed by atoms with Crippen LogP contribution in [0.3, 0.4) is 0 Å². The van der Waals surface area contributed by atoms with Crippen molar-refractivity contribution in [3.05, 3.63) is 0 Å². The number of ether oxygens (including phenoxy) is 1. The standard InChI is InChI=1S/C12H23NO5S/c1-12(2,18-3)4-5-13-6-7-19(16,17)9-10(13)8-11(14)15/h10H,4-9H2,1-3H3,(H,14,15). The Labute approximate surface area is 114 Å². The molecule has 6 nitrogen and oxygen atoms in total. The quantitative estimate of drug-likeness (QED) is 0.762. The number of methoxy groups -OCH3 is 1. The predicted octanol–water partition coefficient (Wildman–Crippen LogP) is 0.375. The smallest absolute Gasteiger partial charge is 0.304 e. The van der Waals surface area contributed by atoms with Gasteiger partial charge < -0.3 is 9.84 Å². The summed E-state index contributed by atoms with van der Waals surface area (Å²) in [6.07, 6.45) is 0.603. The number of carbonyl (C=O) groups is 1. The normalized spacial score (nSPS) is 24.3. The fourth-order valence-corrected chi connectivity index (χ4v) is 3.71. The summed E-state index contributed by atoms with van der Waals surface area (Å²) in [7, 11) is -1.47. The summed E-state index contributed by atoms with van der Waals surface area (Å²) in [6, 6.07) is -0.427. The van der Waals surface area contributed by atoms with E-state index in [1.54, 1.807) is 7.11 Å². The minimum atomic E-state index is -3.11. The number of carboxylic acid groups (broad SMARTS) is 1. The first-order valence-electron chi connectivity index (χ1n) is 6.37. The molecule has 0 aromatic rings. The maximum absolute atomic E-state index is 11.6. The van der Waals surface area contributed by atoms with Crippen molar-refractivity contribution in [2.75, 3.05) is 31.7 Å². The summed E-state index contributed by atoms with van der Waals surface area (Å²) in [4.78, 5) is 12.8. The maximum Gasteiger partial charge on any atom is 0.304 e. The van der Waals surface area contributed by atoms with Gasteiger partial charge >= 0.3 is 5.97 Å². The summed E-state index contributed by atoms with van der Waals surface area (Å²) in [5.74, 6) is -0.915. The Morgan fingerprint density at radius 3 is 2.63 bits per heavy atom. The molecule has 0 aromatic carbocycles. The molecule has 0 spiro atoms. The zero-order chi connectivity index (χ0) is 14.7. The van der Waals surface area contributed by atoms with Crippen molar-refractivity contribution < 1.29 is 23.1 Å². The second kappa shape index (κ2) is 6.19. The molecule has 1 atom stereocenters. The van der Waals surface area contributed by atoms with E-state index in [2.05, 4.69) is 0 Å². The lowest BCUT2D eigenvalue weighted by molar-refractivity contribution is -0.138. The Morgan fingerprint density at radius 1 is 1.47 bits per heavy atom. The number of hydrogen-bond donors (Lipinski definition) is 1. The van der Waals surface area contributed by atoms with Crippen molar-refractivity contribution in [2.45, 2.75) is 38.3 Å². The highest BCUT2D eigenvalue weighted by Crippen LogP contribution is 2.19. The van der Waals surface area contributed by atoms with Crippen LogP contribution >= 0.6 is 0 Å². The van der Waals surface area contributed by atoms with Crippen LogP contribution in [-0.2, 0) is 19.4 Å². The summed E-state index contributed by atoms with van der Waals surface area (Å²) in [6.45, 7) is 4.97. The van der Waals surface area contributed by atoms with Gasteiger partial charge in [-0.2, -0.15) is 0 Å². The second-order valence-corrected chi connectivity index (χ2v) is 7.84. The molecule has 7 heteroatoms. The summed E-state index contributed by atoms with van der Waals surface area (Å²) in [5, 5.41) is 8.88. The molecule has 1 aliphatic rings. The lowest BCUT2D eigenvalue weighted by Crippen LogP contribution is -2.50. The van der Waals surface area contributed by atoms with Gasteiger partial charge in [0.05, 0.1) is 23.5 Å². The van der Waals surface area contributed by atoms with Crippen LogP contribution in [0.4, 0.5) is 0 Å². The lowest BCUT2D eigenvalue weighted by Gasteiger charge is -2.36. The summed E-state index contributed by atoms with van der Waals surface area (Å²) in [5.41, 5.74) is -0.288. The van der Waals surface area contributed by atoms with E-state index >= 15 is 0 Å². The average Bonchev–Trinajstić information content (AvgIpc) is 2.26. The third-order valence-electron chi connectivity index (χ3n) is 3.62. The predicted molar refractivity (Wildman–Crippen MR) is 72.0 cm³/mol. The van der Waals surface area contributed by atoms with E-state index in [9.17, 15) is 13.2 Å². The third-order valence-corrected chi connectivity index (χ3v) is 5.31. The molecule has 1 heterocycles. The molecular weight excluding hydrogens is 270 g/mol. The van der Waals surface area contributed by atoms with Crippen LogP contribution in [-0.4, -0.2) is 67.7 Å². The van der Waals surface area contributed by atoms with Crippen LogP contribution in [0.25, 0.3) is 0 Å². The van der Waals surface area contributed by atoms with Crippen molar-refractivity contribution in [3.8, 4) is 0 Å². The molecule has 1 unspecified atom stereocenters. The van der Waals surface area contributed by atoms with Crippen molar-refractivity contribution >= 4 is 15.8 Å². The molecule has 19 heavy (non-hydrogen) atoms. The third kappa shape index (κ3) is 5.46. The molecule has 0 amide bonds. The molecule has 0 aliphatic carbocycles. The van der Waals surface area contributed by atoms with Gasteiger partial charge in [0.15, 0.2) is 9.84 Å². The van der Waals surface area contributed by atoms with Crippen LogP contribution in [0.5, 0.6) is 0 Å².